The first-order valence-corrected chi connectivity index (χ1v) is 2.11. The number of hydrogen-bond acceptors (Lipinski definition) is 1. The molecule has 0 aromatic rings. The van der Waals surface area contributed by atoms with Gasteiger partial charge in [-0.05, 0) is 6.08 Å². The molecule has 0 heterocycles. The molecule has 0 bridgehead atoms. The molecule has 38 valence electrons. The Hall–Kier alpha value is -0.850. The Balaban J connectivity index is 3.27. The van der Waals surface area contributed by atoms with Crippen LogP contribution in [0, 0.1) is 0 Å². The van der Waals surface area contributed by atoms with Crippen molar-refractivity contribution in [1.82, 2.24) is 0 Å². The van der Waals surface area contributed by atoms with E-state index in [1.807, 2.05) is 12.2 Å². The maximum Gasteiger partial charge on any atom is 0.0277 e. The van der Waals surface area contributed by atoms with Gasteiger partial charge in [-0.3, -0.25) is 4.99 Å². The molecule has 0 unspecified atom stereocenters. The summed E-state index contributed by atoms with van der Waals surface area (Å²) < 4.78 is 0. The van der Waals surface area contributed by atoms with Crippen LogP contribution >= 0.6 is 0 Å². The van der Waals surface area contributed by atoms with Crippen molar-refractivity contribution in [1.29, 1.82) is 0 Å². The van der Waals surface area contributed by atoms with Crippen molar-refractivity contribution in [2.45, 2.75) is 0 Å². The van der Waals surface area contributed by atoms with Crippen molar-refractivity contribution in [3.8, 4) is 0 Å². The molecule has 0 aromatic heterocycles. The van der Waals surface area contributed by atoms with Gasteiger partial charge < -0.3 is 0 Å². The lowest BCUT2D eigenvalue weighted by atomic mass is 10.5. The maximum absolute atomic E-state index is 3.71. The molecular formula is C6H9N. The highest BCUT2D eigenvalue weighted by Crippen LogP contribution is 1.66. The third-order valence-electron chi connectivity index (χ3n) is 0.482. The highest BCUT2D eigenvalue weighted by Gasteiger charge is 1.52. The van der Waals surface area contributed by atoms with Crippen molar-refractivity contribution < 1.29 is 0 Å². The molecule has 0 N–H and O–H groups in total. The second-order valence-electron chi connectivity index (χ2n) is 1.03. The van der Waals surface area contributed by atoms with Crippen LogP contribution in [0.2, 0.25) is 0 Å². The predicted molar refractivity (Wildman–Crippen MR) is 33.8 cm³/mol. The second kappa shape index (κ2) is 5.15. The van der Waals surface area contributed by atoms with Crippen LogP contribution in [0.4, 0.5) is 0 Å². The lowest BCUT2D eigenvalue weighted by Gasteiger charge is -1.65. The van der Waals surface area contributed by atoms with Gasteiger partial charge in [0.15, 0.2) is 0 Å². The highest BCUT2D eigenvalue weighted by atomic mass is 14.6. The van der Waals surface area contributed by atoms with Gasteiger partial charge in [0, 0.05) is 13.3 Å². The van der Waals surface area contributed by atoms with E-state index in [-0.39, 0.29) is 0 Å². The molecule has 0 atom stereocenters. The van der Waals surface area contributed by atoms with E-state index in [2.05, 4.69) is 11.6 Å². The number of aliphatic imine (C=N–C) groups is 1. The van der Waals surface area contributed by atoms with Crippen molar-refractivity contribution in [3.63, 3.8) is 0 Å². The quantitative estimate of drug-likeness (QED) is 0.363. The van der Waals surface area contributed by atoms with Crippen molar-refractivity contribution in [2.24, 2.45) is 4.99 Å². The summed E-state index contributed by atoms with van der Waals surface area (Å²) in [4.78, 5) is 3.71. The summed E-state index contributed by atoms with van der Waals surface area (Å²) >= 11 is 0. The van der Waals surface area contributed by atoms with E-state index in [1.165, 1.54) is 0 Å². The molecule has 0 spiro atoms. The third-order valence-corrected chi connectivity index (χ3v) is 0.482. The van der Waals surface area contributed by atoms with Gasteiger partial charge in [0.2, 0.25) is 0 Å². The summed E-state index contributed by atoms with van der Waals surface area (Å²) in [6.07, 6.45) is 7.07. The van der Waals surface area contributed by atoms with E-state index in [0.717, 1.165) is 0 Å². The van der Waals surface area contributed by atoms with Crippen LogP contribution in [-0.4, -0.2) is 13.3 Å². The highest BCUT2D eigenvalue weighted by molar-refractivity contribution is 5.71. The molecule has 0 saturated heterocycles. The Kier molecular flexibility index (Phi) is 4.52. The zero-order valence-electron chi connectivity index (χ0n) is 4.46. The summed E-state index contributed by atoms with van der Waals surface area (Å²) in [6, 6.07) is 0. The Morgan fingerprint density at radius 1 is 1.43 bits per heavy atom. The standard InChI is InChI=1S/C6H9N/c1-3-4-5-6-7-2/h3-6H,1H2,2H3/b5-4-,7-6-. The zero-order valence-corrected chi connectivity index (χ0v) is 4.46. The molecular weight excluding hydrogens is 86.1 g/mol. The molecule has 0 aliphatic heterocycles. The minimum atomic E-state index is 1.71. The third kappa shape index (κ3) is 5.15. The van der Waals surface area contributed by atoms with Crippen LogP contribution in [0.25, 0.3) is 0 Å². The summed E-state index contributed by atoms with van der Waals surface area (Å²) in [7, 11) is 1.73. The molecule has 0 saturated carbocycles. The van der Waals surface area contributed by atoms with E-state index in [9.17, 15) is 0 Å². The fraction of sp³-hybridized carbons (Fsp3) is 0.167. The summed E-state index contributed by atoms with van der Waals surface area (Å²) in [5.41, 5.74) is 0. The molecule has 0 aliphatic carbocycles. The molecule has 1 nitrogen and oxygen atoms in total. The maximum atomic E-state index is 3.71. The SMILES string of the molecule is C=C/C=C\C=N/C. The van der Waals surface area contributed by atoms with E-state index in [0.29, 0.717) is 0 Å². The van der Waals surface area contributed by atoms with Gasteiger partial charge in [-0.15, -0.1) is 0 Å². The Labute approximate surface area is 44.1 Å². The van der Waals surface area contributed by atoms with Crippen molar-refractivity contribution >= 4 is 6.21 Å². The molecule has 0 fully saturated rings. The summed E-state index contributed by atoms with van der Waals surface area (Å²) in [5.74, 6) is 0. The summed E-state index contributed by atoms with van der Waals surface area (Å²) in [5, 5.41) is 0. The second-order valence-corrected chi connectivity index (χ2v) is 1.03. The normalized spacial score (nSPS) is 11.0. The van der Waals surface area contributed by atoms with Crippen LogP contribution in [0.5, 0.6) is 0 Å². The van der Waals surface area contributed by atoms with Crippen molar-refractivity contribution in [2.75, 3.05) is 7.05 Å². The smallest absolute Gasteiger partial charge is 0.0277 e. The fourth-order valence-electron chi connectivity index (χ4n) is 0.214. The van der Waals surface area contributed by atoms with Crippen LogP contribution < -0.4 is 0 Å². The van der Waals surface area contributed by atoms with Gasteiger partial charge in [-0.2, -0.15) is 0 Å². The molecule has 7 heavy (non-hydrogen) atoms. The van der Waals surface area contributed by atoms with Gasteiger partial charge in [-0.25, -0.2) is 0 Å². The molecule has 0 radical (unpaired) electrons. The average molecular weight is 95.1 g/mol. The molecule has 0 aromatic carbocycles. The largest absolute Gasteiger partial charge is 0.297 e. The minimum Gasteiger partial charge on any atom is -0.297 e. The Bertz CT molecular complexity index is 90.4. The minimum absolute atomic E-state index is 1.71. The van der Waals surface area contributed by atoms with E-state index in [1.54, 1.807) is 19.3 Å². The lowest BCUT2D eigenvalue weighted by Crippen LogP contribution is -1.57. The van der Waals surface area contributed by atoms with Gasteiger partial charge >= 0.3 is 0 Å². The molecule has 0 amide bonds. The van der Waals surface area contributed by atoms with Crippen LogP contribution in [0.15, 0.2) is 29.8 Å². The average Bonchev–Trinajstić information content (AvgIpc) is 1.69. The first-order chi connectivity index (χ1) is 3.41. The summed E-state index contributed by atoms with van der Waals surface area (Å²) in [6.45, 7) is 3.48. The predicted octanol–water partition coefficient (Wildman–Crippen LogP) is 1.43. The topological polar surface area (TPSA) is 12.4 Å². The monoisotopic (exact) mass is 95.1 g/mol. The van der Waals surface area contributed by atoms with Crippen LogP contribution in [0.1, 0.15) is 0 Å². The molecule has 0 rings (SSSR count). The van der Waals surface area contributed by atoms with Crippen LogP contribution in [0.3, 0.4) is 0 Å². The molecule has 0 aliphatic rings. The zero-order chi connectivity index (χ0) is 5.54. The fourth-order valence-corrected chi connectivity index (χ4v) is 0.214. The van der Waals surface area contributed by atoms with Gasteiger partial charge in [0.25, 0.3) is 0 Å². The molecule has 1 heteroatoms. The van der Waals surface area contributed by atoms with Gasteiger partial charge in [0.05, 0.1) is 0 Å². The lowest BCUT2D eigenvalue weighted by molar-refractivity contribution is 1.48. The van der Waals surface area contributed by atoms with Crippen LogP contribution in [-0.2, 0) is 0 Å². The number of allylic oxidation sites excluding steroid dienone is 3. The van der Waals surface area contributed by atoms with E-state index in [4.69, 9.17) is 0 Å². The first-order valence-electron chi connectivity index (χ1n) is 2.11. The number of hydrogen-bond donors (Lipinski definition) is 0. The van der Waals surface area contributed by atoms with E-state index < -0.39 is 0 Å². The van der Waals surface area contributed by atoms with E-state index >= 15 is 0 Å². The Morgan fingerprint density at radius 2 is 2.14 bits per heavy atom. The van der Waals surface area contributed by atoms with Gasteiger partial charge in [0.1, 0.15) is 0 Å². The van der Waals surface area contributed by atoms with Gasteiger partial charge in [-0.1, -0.05) is 18.7 Å². The van der Waals surface area contributed by atoms with Crippen molar-refractivity contribution in [3.05, 3.63) is 24.8 Å². The first kappa shape index (κ1) is 6.15. The Morgan fingerprint density at radius 3 is 2.57 bits per heavy atom. The number of rotatable bonds is 2. The number of nitrogens with zero attached hydrogens (tertiary/aromatic N) is 1.